The summed E-state index contributed by atoms with van der Waals surface area (Å²) in [6, 6.07) is 12.3. The lowest BCUT2D eigenvalue weighted by Gasteiger charge is -2.41. The fourth-order valence-corrected chi connectivity index (χ4v) is 6.75. The zero-order chi connectivity index (χ0) is 31.0. The van der Waals surface area contributed by atoms with Crippen molar-refractivity contribution in [3.63, 3.8) is 0 Å². The van der Waals surface area contributed by atoms with Gasteiger partial charge in [0.2, 0.25) is 5.91 Å². The van der Waals surface area contributed by atoms with Crippen LogP contribution in [-0.4, -0.2) is 45.1 Å². The number of rotatable bonds is 6. The Labute approximate surface area is 252 Å². The van der Waals surface area contributed by atoms with Crippen LogP contribution < -0.4 is 25.6 Å². The molecule has 2 heterocycles. The van der Waals surface area contributed by atoms with E-state index >= 15 is 0 Å². The molecule has 1 unspecified atom stereocenters. The minimum absolute atomic E-state index is 0.0136. The molecule has 1 fully saturated rings. The third-order valence-corrected chi connectivity index (χ3v) is 8.88. The van der Waals surface area contributed by atoms with Gasteiger partial charge >= 0.3 is 0 Å². The molecule has 3 aliphatic rings. The summed E-state index contributed by atoms with van der Waals surface area (Å²) in [7, 11) is 1.35. The molecule has 230 valence electrons. The highest BCUT2D eigenvalue weighted by Crippen LogP contribution is 2.53. The summed E-state index contributed by atoms with van der Waals surface area (Å²) in [5.74, 6) is -5.37. The third-order valence-electron chi connectivity index (χ3n) is 8.88. The van der Waals surface area contributed by atoms with Gasteiger partial charge in [0.1, 0.15) is 23.9 Å². The average Bonchev–Trinajstić information content (AvgIpc) is 3.30. The predicted octanol–water partition coefficient (Wildman–Crippen LogP) is 5.37. The molecule has 6 rings (SSSR count). The van der Waals surface area contributed by atoms with E-state index in [2.05, 4.69) is 26.9 Å². The van der Waals surface area contributed by atoms with Crippen LogP contribution in [-0.2, 0) is 15.0 Å². The van der Waals surface area contributed by atoms with Crippen LogP contribution in [0.2, 0.25) is 0 Å². The van der Waals surface area contributed by atoms with Gasteiger partial charge in [-0.05, 0) is 89.8 Å². The molecule has 0 aromatic heterocycles. The number of likely N-dealkylation sites (N-methyl/N-ethyl adjacent to an activating group) is 1. The molecule has 0 radical (unpaired) electrons. The summed E-state index contributed by atoms with van der Waals surface area (Å²) in [6.07, 6.45) is 3.27. The second kappa shape index (κ2) is 11.9. The molecular formula is C33H32F4N4O3. The lowest BCUT2D eigenvalue weighted by atomic mass is 9.73. The Balaban J connectivity index is 1.19. The molecule has 11 heteroatoms. The molecule has 1 spiro atoms. The van der Waals surface area contributed by atoms with Gasteiger partial charge in [-0.3, -0.25) is 9.59 Å². The maximum atomic E-state index is 14.5. The summed E-state index contributed by atoms with van der Waals surface area (Å²) in [4.78, 5) is 28.1. The zero-order valence-corrected chi connectivity index (χ0v) is 24.1. The van der Waals surface area contributed by atoms with Gasteiger partial charge in [0.05, 0.1) is 5.69 Å². The molecule has 3 aromatic rings. The first-order valence-corrected chi connectivity index (χ1v) is 14.6. The first kappa shape index (κ1) is 29.5. The molecule has 0 bridgehead atoms. The van der Waals surface area contributed by atoms with E-state index in [1.54, 1.807) is 12.1 Å². The fraction of sp³-hybridized carbons (Fsp3) is 0.333. The number of amides is 2. The van der Waals surface area contributed by atoms with Gasteiger partial charge in [0, 0.05) is 44.9 Å². The quantitative estimate of drug-likeness (QED) is 0.199. The van der Waals surface area contributed by atoms with Crippen LogP contribution >= 0.6 is 0 Å². The van der Waals surface area contributed by atoms with Gasteiger partial charge in [0.15, 0.2) is 17.5 Å². The monoisotopic (exact) mass is 608 g/mol. The number of carbonyl (C=O) groups is 2. The van der Waals surface area contributed by atoms with Crippen LogP contribution in [0.15, 0.2) is 54.2 Å². The van der Waals surface area contributed by atoms with Crippen LogP contribution in [0.1, 0.15) is 48.3 Å². The Morgan fingerprint density at radius 2 is 1.80 bits per heavy atom. The molecule has 1 atom stereocenters. The van der Waals surface area contributed by atoms with Crippen LogP contribution in [0, 0.1) is 23.3 Å². The molecule has 2 amide bonds. The highest BCUT2D eigenvalue weighted by molar-refractivity contribution is 6.01. The number of hydrogen-bond donors (Lipinski definition) is 3. The summed E-state index contributed by atoms with van der Waals surface area (Å²) < 4.78 is 61.3. The van der Waals surface area contributed by atoms with E-state index in [1.165, 1.54) is 13.1 Å². The lowest BCUT2D eigenvalue weighted by Crippen LogP contribution is -2.42. The number of carbonyl (C=O) groups excluding carboxylic acids is 2. The van der Waals surface area contributed by atoms with Crippen molar-refractivity contribution in [1.82, 2.24) is 10.6 Å². The summed E-state index contributed by atoms with van der Waals surface area (Å²) in [5, 5.41) is 8.27. The number of nitrogens with one attached hydrogen (secondary N) is 3. The predicted molar refractivity (Wildman–Crippen MR) is 158 cm³/mol. The number of halogens is 4. The molecule has 3 aromatic carbocycles. The van der Waals surface area contributed by atoms with Gasteiger partial charge in [-0.15, -0.1) is 0 Å². The SMILES string of the molecule is CNC(=O)C(=Cc1cc(F)c(F)c(F)c1)NC(=O)CC1CC2(CCN(c3ccc4c(c3)OCCN4)CC2)c2cc(F)ccc21. The highest BCUT2D eigenvalue weighted by atomic mass is 19.2. The fourth-order valence-electron chi connectivity index (χ4n) is 6.75. The number of nitrogens with zero attached hydrogens (tertiary/aromatic N) is 1. The van der Waals surface area contributed by atoms with E-state index in [4.69, 9.17) is 4.74 Å². The largest absolute Gasteiger partial charge is 0.490 e. The second-order valence-corrected chi connectivity index (χ2v) is 11.5. The van der Waals surface area contributed by atoms with Gasteiger partial charge in [0.25, 0.3) is 5.91 Å². The van der Waals surface area contributed by atoms with Crippen LogP contribution in [0.25, 0.3) is 6.08 Å². The molecular weight excluding hydrogens is 576 g/mol. The summed E-state index contributed by atoms with van der Waals surface area (Å²) in [6.45, 7) is 2.87. The molecule has 3 N–H and O–H groups in total. The second-order valence-electron chi connectivity index (χ2n) is 11.5. The molecule has 1 aliphatic carbocycles. The molecule has 0 saturated carbocycles. The number of piperidine rings is 1. The van der Waals surface area contributed by atoms with Gasteiger partial charge in [-0.1, -0.05) is 6.07 Å². The Morgan fingerprint density at radius 1 is 1.05 bits per heavy atom. The van der Waals surface area contributed by atoms with Crippen molar-refractivity contribution in [2.45, 2.75) is 37.0 Å². The average molecular weight is 609 g/mol. The Hall–Kier alpha value is -4.54. The first-order valence-electron chi connectivity index (χ1n) is 14.6. The maximum Gasteiger partial charge on any atom is 0.267 e. The van der Waals surface area contributed by atoms with Crippen molar-refractivity contribution < 1.29 is 31.9 Å². The van der Waals surface area contributed by atoms with Crippen molar-refractivity contribution in [1.29, 1.82) is 0 Å². The van der Waals surface area contributed by atoms with E-state index in [-0.39, 0.29) is 34.8 Å². The van der Waals surface area contributed by atoms with Crippen molar-refractivity contribution in [3.8, 4) is 5.75 Å². The van der Waals surface area contributed by atoms with E-state index in [9.17, 15) is 27.2 Å². The minimum Gasteiger partial charge on any atom is -0.490 e. The Bertz CT molecular complexity index is 1630. The molecule has 7 nitrogen and oxygen atoms in total. The Kier molecular flexibility index (Phi) is 7.96. The van der Waals surface area contributed by atoms with E-state index in [0.717, 1.165) is 78.9 Å². The number of fused-ring (bicyclic) bond motifs is 3. The molecule has 44 heavy (non-hydrogen) atoms. The third kappa shape index (κ3) is 5.70. The normalized spacial score (nSPS) is 18.6. The number of ether oxygens (including phenoxy) is 1. The number of hydrogen-bond acceptors (Lipinski definition) is 5. The number of benzene rings is 3. The lowest BCUT2D eigenvalue weighted by molar-refractivity contribution is -0.123. The zero-order valence-electron chi connectivity index (χ0n) is 24.1. The van der Waals surface area contributed by atoms with E-state index in [1.807, 2.05) is 12.1 Å². The topological polar surface area (TPSA) is 82.7 Å². The van der Waals surface area contributed by atoms with E-state index in [0.29, 0.717) is 13.0 Å². The van der Waals surface area contributed by atoms with E-state index < -0.39 is 29.3 Å². The van der Waals surface area contributed by atoms with Crippen LogP contribution in [0.5, 0.6) is 5.75 Å². The summed E-state index contributed by atoms with van der Waals surface area (Å²) in [5.41, 5.74) is 3.16. The van der Waals surface area contributed by atoms with Crippen LogP contribution in [0.3, 0.4) is 0 Å². The maximum absolute atomic E-state index is 14.5. The molecule has 1 saturated heterocycles. The van der Waals surface area contributed by atoms with Crippen molar-refractivity contribution in [3.05, 3.63) is 94.2 Å². The number of anilines is 2. The van der Waals surface area contributed by atoms with Crippen molar-refractivity contribution in [2.24, 2.45) is 0 Å². The smallest absolute Gasteiger partial charge is 0.267 e. The minimum atomic E-state index is -1.63. The van der Waals surface area contributed by atoms with Gasteiger partial charge in [-0.25, -0.2) is 17.6 Å². The summed E-state index contributed by atoms with van der Waals surface area (Å²) >= 11 is 0. The van der Waals surface area contributed by atoms with Crippen molar-refractivity contribution in [2.75, 3.05) is 43.5 Å². The highest BCUT2D eigenvalue weighted by Gasteiger charge is 2.46. The van der Waals surface area contributed by atoms with Crippen molar-refractivity contribution >= 4 is 29.3 Å². The standard InChI is InChI=1S/C33H32F4N4O3/c1-38-32(43)28(14-19-12-25(35)31(37)26(36)13-19)40-30(42)15-20-18-33(24-16-21(34)2-4-23(20)24)6-9-41(10-7-33)22-3-5-27-29(17-22)44-11-8-39-27/h2-5,12-14,16-17,20,39H,6-11,15,18H2,1H3,(H,38,43)(H,40,42). The first-order chi connectivity index (χ1) is 21.2. The van der Waals surface area contributed by atoms with Gasteiger partial charge < -0.3 is 25.6 Å². The van der Waals surface area contributed by atoms with Gasteiger partial charge in [-0.2, -0.15) is 0 Å². The van der Waals surface area contributed by atoms with Crippen LogP contribution in [0.4, 0.5) is 28.9 Å². The Morgan fingerprint density at radius 3 is 2.52 bits per heavy atom. The molecule has 2 aliphatic heterocycles.